The molecule has 1 unspecified atom stereocenters. The number of aromatic nitrogens is 1. The van der Waals surface area contributed by atoms with Gasteiger partial charge in [0, 0.05) is 12.4 Å². The van der Waals surface area contributed by atoms with Gasteiger partial charge >= 0.3 is 0 Å². The van der Waals surface area contributed by atoms with Crippen molar-refractivity contribution in [2.24, 2.45) is 0 Å². The Labute approximate surface area is 90.1 Å². The van der Waals surface area contributed by atoms with Crippen molar-refractivity contribution < 1.29 is 8.78 Å². The number of allylic oxidation sites excluding steroid dienone is 3. The lowest BCUT2D eigenvalue weighted by Crippen LogP contribution is -2.06. The van der Waals surface area contributed by atoms with Crippen molar-refractivity contribution in [3.8, 4) is 0 Å². The SMILES string of the molecule is C=C(/C=C(\C)C(F)(F)P)c1cccnc1. The maximum Gasteiger partial charge on any atom is 0.280 e. The minimum absolute atomic E-state index is 0.0404. The minimum atomic E-state index is -2.88. The molecule has 4 heteroatoms. The molecule has 0 amide bonds. The van der Waals surface area contributed by atoms with Crippen molar-refractivity contribution in [1.82, 2.24) is 4.98 Å². The first-order chi connectivity index (χ1) is 6.91. The smallest absolute Gasteiger partial charge is 0.264 e. The topological polar surface area (TPSA) is 12.9 Å². The van der Waals surface area contributed by atoms with Crippen molar-refractivity contribution in [1.29, 1.82) is 0 Å². The second-order valence-corrected chi connectivity index (χ2v) is 3.94. The second-order valence-electron chi connectivity index (χ2n) is 3.22. The van der Waals surface area contributed by atoms with Gasteiger partial charge in [-0.1, -0.05) is 21.9 Å². The first-order valence-corrected chi connectivity index (χ1v) is 4.94. The van der Waals surface area contributed by atoms with Crippen LogP contribution in [0.3, 0.4) is 0 Å². The van der Waals surface area contributed by atoms with Crippen molar-refractivity contribution in [3.63, 3.8) is 0 Å². The average molecular weight is 227 g/mol. The molecule has 0 aliphatic rings. The molecule has 0 radical (unpaired) electrons. The Morgan fingerprint density at radius 3 is 2.73 bits per heavy atom. The fourth-order valence-electron chi connectivity index (χ4n) is 0.994. The molecule has 0 bridgehead atoms. The molecule has 1 atom stereocenters. The van der Waals surface area contributed by atoms with E-state index in [1.54, 1.807) is 24.5 Å². The quantitative estimate of drug-likeness (QED) is 0.568. The molecule has 1 rings (SSSR count). The number of nitrogens with zero attached hydrogens (tertiary/aromatic N) is 1. The van der Waals surface area contributed by atoms with Crippen LogP contribution in [0.2, 0.25) is 0 Å². The molecule has 1 nitrogen and oxygen atoms in total. The van der Waals surface area contributed by atoms with Gasteiger partial charge in [0.05, 0.1) is 0 Å². The van der Waals surface area contributed by atoms with Crippen LogP contribution in [0.1, 0.15) is 12.5 Å². The monoisotopic (exact) mass is 227 g/mol. The molecule has 0 N–H and O–H groups in total. The van der Waals surface area contributed by atoms with Gasteiger partial charge in [0.25, 0.3) is 5.66 Å². The van der Waals surface area contributed by atoms with Crippen LogP contribution in [0.15, 0.2) is 42.8 Å². The van der Waals surface area contributed by atoms with Crippen LogP contribution in [0.4, 0.5) is 8.78 Å². The van der Waals surface area contributed by atoms with Gasteiger partial charge in [-0.3, -0.25) is 4.98 Å². The van der Waals surface area contributed by atoms with Crippen LogP contribution in [-0.4, -0.2) is 10.6 Å². The van der Waals surface area contributed by atoms with E-state index in [9.17, 15) is 8.78 Å². The summed E-state index contributed by atoms with van der Waals surface area (Å²) >= 11 is 0. The predicted octanol–water partition coefficient (Wildman–Crippen LogP) is 3.51. The van der Waals surface area contributed by atoms with E-state index in [4.69, 9.17) is 0 Å². The zero-order valence-electron chi connectivity index (χ0n) is 8.37. The van der Waals surface area contributed by atoms with Crippen molar-refractivity contribution in [2.75, 3.05) is 0 Å². The Morgan fingerprint density at radius 2 is 2.27 bits per heavy atom. The molecule has 0 aromatic carbocycles. The summed E-state index contributed by atoms with van der Waals surface area (Å²) in [6, 6.07) is 3.52. The Kier molecular flexibility index (Phi) is 3.70. The fraction of sp³-hybridized carbons (Fsp3) is 0.182. The molecule has 0 spiro atoms. The molecule has 0 saturated heterocycles. The Hall–Kier alpha value is -1.08. The largest absolute Gasteiger partial charge is 0.280 e. The minimum Gasteiger partial charge on any atom is -0.264 e. The lowest BCUT2D eigenvalue weighted by molar-refractivity contribution is 0.147. The average Bonchev–Trinajstić information content (AvgIpc) is 2.17. The van der Waals surface area contributed by atoms with Crippen molar-refractivity contribution in [2.45, 2.75) is 12.6 Å². The van der Waals surface area contributed by atoms with E-state index in [1.165, 1.54) is 22.2 Å². The standard InChI is InChI=1S/C11H12F2NP/c1-8(6-9(2)11(12,13)15)10-4-3-5-14-7-10/h3-7H,1,15H2,2H3/b9-6+. The molecule has 1 heterocycles. The first-order valence-electron chi connectivity index (χ1n) is 4.36. The van der Waals surface area contributed by atoms with Crippen LogP contribution in [0.5, 0.6) is 0 Å². The molecular weight excluding hydrogens is 215 g/mol. The Morgan fingerprint density at radius 1 is 1.60 bits per heavy atom. The molecule has 1 aromatic rings. The highest BCUT2D eigenvalue weighted by molar-refractivity contribution is 7.18. The fourth-order valence-corrected chi connectivity index (χ4v) is 1.08. The second kappa shape index (κ2) is 4.63. The van der Waals surface area contributed by atoms with Gasteiger partial charge < -0.3 is 0 Å². The van der Waals surface area contributed by atoms with E-state index < -0.39 is 5.66 Å². The van der Waals surface area contributed by atoms with Crippen LogP contribution in [0, 0.1) is 0 Å². The maximum absolute atomic E-state index is 12.8. The third-order valence-corrected chi connectivity index (χ3v) is 2.40. The molecule has 0 aliphatic heterocycles. The van der Waals surface area contributed by atoms with E-state index >= 15 is 0 Å². The summed E-state index contributed by atoms with van der Waals surface area (Å²) in [5.41, 5.74) is -1.65. The first kappa shape index (κ1) is 12.0. The van der Waals surface area contributed by atoms with Gasteiger partial charge in [0.15, 0.2) is 0 Å². The Bertz CT molecular complexity index is 379. The van der Waals surface area contributed by atoms with Gasteiger partial charge in [-0.15, -0.1) is 0 Å². The van der Waals surface area contributed by atoms with Crippen LogP contribution in [0.25, 0.3) is 5.57 Å². The number of hydrogen-bond donors (Lipinski definition) is 0. The summed E-state index contributed by atoms with van der Waals surface area (Å²) in [5.74, 6) is 0. The number of hydrogen-bond acceptors (Lipinski definition) is 1. The van der Waals surface area contributed by atoms with E-state index in [1.807, 2.05) is 0 Å². The summed E-state index contributed by atoms with van der Waals surface area (Å²) in [6.45, 7) is 5.09. The lowest BCUT2D eigenvalue weighted by atomic mass is 10.1. The number of halogens is 2. The van der Waals surface area contributed by atoms with Crippen LogP contribution < -0.4 is 0 Å². The zero-order valence-corrected chi connectivity index (χ0v) is 9.53. The van der Waals surface area contributed by atoms with E-state index in [-0.39, 0.29) is 5.57 Å². The highest BCUT2D eigenvalue weighted by atomic mass is 31.0. The number of pyridine rings is 1. The van der Waals surface area contributed by atoms with Crippen LogP contribution in [-0.2, 0) is 0 Å². The molecule has 15 heavy (non-hydrogen) atoms. The summed E-state index contributed by atoms with van der Waals surface area (Å²) in [7, 11) is 1.50. The van der Waals surface area contributed by atoms with E-state index in [0.717, 1.165) is 5.56 Å². The lowest BCUT2D eigenvalue weighted by Gasteiger charge is -2.11. The van der Waals surface area contributed by atoms with Crippen molar-refractivity contribution in [3.05, 3.63) is 48.3 Å². The predicted molar refractivity (Wildman–Crippen MR) is 61.7 cm³/mol. The highest BCUT2D eigenvalue weighted by Crippen LogP contribution is 2.32. The van der Waals surface area contributed by atoms with Gasteiger partial charge in [0.2, 0.25) is 0 Å². The van der Waals surface area contributed by atoms with Gasteiger partial charge in [0.1, 0.15) is 0 Å². The number of rotatable bonds is 3. The van der Waals surface area contributed by atoms with Gasteiger partial charge in [-0.25, -0.2) is 0 Å². The summed E-state index contributed by atoms with van der Waals surface area (Å²) in [6.07, 6.45) is 4.58. The summed E-state index contributed by atoms with van der Waals surface area (Å²) in [5, 5.41) is 0. The Balaban J connectivity index is 2.90. The number of alkyl halides is 2. The molecular formula is C11H12F2NP. The third-order valence-electron chi connectivity index (χ3n) is 1.95. The molecule has 0 aliphatic carbocycles. The van der Waals surface area contributed by atoms with E-state index in [2.05, 4.69) is 11.6 Å². The molecule has 1 aromatic heterocycles. The van der Waals surface area contributed by atoms with Gasteiger partial charge in [-0.05, 0) is 35.8 Å². The normalized spacial score (nSPS) is 12.7. The molecule has 0 saturated carbocycles. The van der Waals surface area contributed by atoms with Crippen LogP contribution >= 0.6 is 9.24 Å². The zero-order chi connectivity index (χ0) is 11.5. The maximum atomic E-state index is 12.8. The molecule has 0 fully saturated rings. The molecule has 80 valence electrons. The van der Waals surface area contributed by atoms with Gasteiger partial charge in [-0.2, -0.15) is 8.78 Å². The summed E-state index contributed by atoms with van der Waals surface area (Å²) < 4.78 is 25.7. The summed E-state index contributed by atoms with van der Waals surface area (Å²) in [4.78, 5) is 3.89. The van der Waals surface area contributed by atoms with Crippen molar-refractivity contribution >= 4 is 14.8 Å². The highest BCUT2D eigenvalue weighted by Gasteiger charge is 2.23. The van der Waals surface area contributed by atoms with E-state index in [0.29, 0.717) is 5.57 Å². The third kappa shape index (κ3) is 3.52.